The molecule has 0 radical (unpaired) electrons. The highest BCUT2D eigenvalue weighted by atomic mass is 35.5. The molecule has 4 nitrogen and oxygen atoms in total. The molecule has 1 aliphatic rings. The zero-order chi connectivity index (χ0) is 10.6. The smallest absolute Gasteiger partial charge is 0.235 e. The van der Waals surface area contributed by atoms with Gasteiger partial charge >= 0.3 is 0 Å². The molecule has 0 atom stereocenters. The van der Waals surface area contributed by atoms with Gasteiger partial charge in [0.1, 0.15) is 5.88 Å². The van der Waals surface area contributed by atoms with Crippen LogP contribution in [0, 0.1) is 0 Å². The molecule has 0 aromatic heterocycles. The number of halogens is 1. The van der Waals surface area contributed by atoms with Gasteiger partial charge in [-0.25, -0.2) is 0 Å². The number of carbonyl (C=O) groups is 1. The molecule has 0 bridgehead atoms. The van der Waals surface area contributed by atoms with Crippen LogP contribution in [0.15, 0.2) is 0 Å². The summed E-state index contributed by atoms with van der Waals surface area (Å²) < 4.78 is 0. The number of nitrogens with one attached hydrogen (secondary N) is 1. The van der Waals surface area contributed by atoms with Crippen molar-refractivity contribution in [1.29, 1.82) is 0 Å². The minimum absolute atomic E-state index is 0.0457. The van der Waals surface area contributed by atoms with Crippen LogP contribution in [0.2, 0.25) is 0 Å². The fourth-order valence-electron chi connectivity index (χ4n) is 1.52. The van der Waals surface area contributed by atoms with E-state index in [1.807, 2.05) is 7.05 Å². The van der Waals surface area contributed by atoms with Gasteiger partial charge in [-0.2, -0.15) is 0 Å². The molecule has 0 unspecified atom stereocenters. The van der Waals surface area contributed by atoms with E-state index in [4.69, 9.17) is 11.6 Å². The molecule has 2 N–H and O–H groups in total. The predicted molar refractivity (Wildman–Crippen MR) is 55.4 cm³/mol. The van der Waals surface area contributed by atoms with E-state index in [0.717, 1.165) is 13.1 Å². The van der Waals surface area contributed by atoms with E-state index in [1.54, 1.807) is 0 Å². The first-order valence-corrected chi connectivity index (χ1v) is 5.33. The second-order valence-electron chi connectivity index (χ2n) is 3.94. The van der Waals surface area contributed by atoms with Crippen LogP contribution in [0.25, 0.3) is 0 Å². The van der Waals surface area contributed by atoms with Gasteiger partial charge in [0.2, 0.25) is 5.91 Å². The van der Waals surface area contributed by atoms with E-state index in [1.165, 1.54) is 0 Å². The maximum absolute atomic E-state index is 10.9. The van der Waals surface area contributed by atoms with Gasteiger partial charge in [-0.15, -0.1) is 11.6 Å². The average Bonchev–Trinajstić information content (AvgIpc) is 2.20. The topological polar surface area (TPSA) is 52.6 Å². The van der Waals surface area contributed by atoms with E-state index >= 15 is 0 Å². The zero-order valence-electron chi connectivity index (χ0n) is 8.42. The standard InChI is InChI=1S/C9H17ClN2O2/c1-12-4-2-9(14,3-5-12)7-11-8(13)6-10/h14H,2-7H2,1H3,(H,11,13). The van der Waals surface area contributed by atoms with E-state index in [0.29, 0.717) is 19.4 Å². The Labute approximate surface area is 89.2 Å². The summed E-state index contributed by atoms with van der Waals surface area (Å²) in [6.45, 7) is 2.05. The molecular formula is C9H17ClN2O2. The number of nitrogens with zero attached hydrogens (tertiary/aromatic N) is 1. The van der Waals surface area contributed by atoms with Crippen molar-refractivity contribution < 1.29 is 9.90 Å². The lowest BCUT2D eigenvalue weighted by Gasteiger charge is -2.36. The van der Waals surface area contributed by atoms with Crippen LogP contribution in [-0.2, 0) is 4.79 Å². The summed E-state index contributed by atoms with van der Waals surface area (Å²) >= 11 is 5.34. The number of aliphatic hydroxyl groups is 1. The average molecular weight is 221 g/mol. The lowest BCUT2D eigenvalue weighted by Crippen LogP contribution is -2.50. The third kappa shape index (κ3) is 3.44. The van der Waals surface area contributed by atoms with Gasteiger partial charge in [0.15, 0.2) is 0 Å². The van der Waals surface area contributed by atoms with E-state index in [2.05, 4.69) is 10.2 Å². The number of hydrogen-bond donors (Lipinski definition) is 2. The quantitative estimate of drug-likeness (QED) is 0.648. The number of carbonyl (C=O) groups excluding carboxylic acids is 1. The van der Waals surface area contributed by atoms with Crippen LogP contribution in [0.3, 0.4) is 0 Å². The molecule has 0 aromatic carbocycles. The Morgan fingerprint density at radius 1 is 1.57 bits per heavy atom. The van der Waals surface area contributed by atoms with Crippen molar-refractivity contribution in [2.45, 2.75) is 18.4 Å². The highest BCUT2D eigenvalue weighted by molar-refractivity contribution is 6.27. The van der Waals surface area contributed by atoms with Gasteiger partial charge in [-0.3, -0.25) is 4.79 Å². The van der Waals surface area contributed by atoms with Gasteiger partial charge in [0.05, 0.1) is 5.60 Å². The van der Waals surface area contributed by atoms with Crippen LogP contribution in [-0.4, -0.2) is 54.1 Å². The number of hydrogen-bond acceptors (Lipinski definition) is 3. The Balaban J connectivity index is 2.31. The molecule has 82 valence electrons. The fourth-order valence-corrected chi connectivity index (χ4v) is 1.62. The van der Waals surface area contributed by atoms with Gasteiger partial charge < -0.3 is 15.3 Å². The number of likely N-dealkylation sites (tertiary alicyclic amines) is 1. The fraction of sp³-hybridized carbons (Fsp3) is 0.889. The lowest BCUT2D eigenvalue weighted by molar-refractivity contribution is -0.120. The molecule has 14 heavy (non-hydrogen) atoms. The normalized spacial score (nSPS) is 21.9. The minimum atomic E-state index is -0.742. The van der Waals surface area contributed by atoms with E-state index in [9.17, 15) is 9.90 Å². The lowest BCUT2D eigenvalue weighted by atomic mass is 9.91. The molecule has 0 saturated carbocycles. The third-order valence-corrected chi connectivity index (χ3v) is 2.90. The summed E-state index contributed by atoms with van der Waals surface area (Å²) in [5.41, 5.74) is -0.742. The molecular weight excluding hydrogens is 204 g/mol. The van der Waals surface area contributed by atoms with Crippen molar-refractivity contribution >= 4 is 17.5 Å². The first-order chi connectivity index (χ1) is 6.56. The maximum atomic E-state index is 10.9. The SMILES string of the molecule is CN1CCC(O)(CNC(=O)CCl)CC1. The summed E-state index contributed by atoms with van der Waals surface area (Å²) in [6.07, 6.45) is 1.40. The van der Waals surface area contributed by atoms with Crippen molar-refractivity contribution in [2.75, 3.05) is 32.6 Å². The monoisotopic (exact) mass is 220 g/mol. The molecule has 0 spiro atoms. The minimum Gasteiger partial charge on any atom is -0.388 e. The summed E-state index contributed by atoms with van der Waals surface area (Å²) in [7, 11) is 2.02. The van der Waals surface area contributed by atoms with Crippen molar-refractivity contribution in [3.8, 4) is 0 Å². The summed E-state index contributed by atoms with van der Waals surface area (Å²) in [4.78, 5) is 13.1. The van der Waals surface area contributed by atoms with Gasteiger partial charge in [0, 0.05) is 19.6 Å². The number of rotatable bonds is 3. The Morgan fingerprint density at radius 3 is 2.64 bits per heavy atom. The predicted octanol–water partition coefficient (Wildman–Crippen LogP) is -0.202. The Hall–Kier alpha value is -0.320. The summed E-state index contributed by atoms with van der Waals surface area (Å²) in [6, 6.07) is 0. The van der Waals surface area contributed by atoms with Gasteiger partial charge in [-0.1, -0.05) is 0 Å². The summed E-state index contributed by atoms with van der Waals surface area (Å²) in [5.74, 6) is -0.269. The molecule has 1 heterocycles. The van der Waals surface area contributed by atoms with Gasteiger partial charge in [-0.05, 0) is 19.9 Å². The van der Waals surface area contributed by atoms with Crippen molar-refractivity contribution in [1.82, 2.24) is 10.2 Å². The molecule has 1 amide bonds. The van der Waals surface area contributed by atoms with Crippen molar-refractivity contribution in [2.24, 2.45) is 0 Å². The zero-order valence-corrected chi connectivity index (χ0v) is 9.18. The largest absolute Gasteiger partial charge is 0.388 e. The molecule has 1 saturated heterocycles. The van der Waals surface area contributed by atoms with Gasteiger partial charge in [0.25, 0.3) is 0 Å². The second-order valence-corrected chi connectivity index (χ2v) is 4.21. The summed E-state index contributed by atoms with van der Waals surface area (Å²) in [5, 5.41) is 12.7. The second kappa shape index (κ2) is 4.96. The molecule has 1 rings (SSSR count). The number of amides is 1. The number of piperidine rings is 1. The van der Waals surface area contributed by atoms with Crippen LogP contribution in [0.4, 0.5) is 0 Å². The Bertz CT molecular complexity index is 203. The van der Waals surface area contributed by atoms with Crippen molar-refractivity contribution in [3.05, 3.63) is 0 Å². The highest BCUT2D eigenvalue weighted by Gasteiger charge is 2.31. The van der Waals surface area contributed by atoms with Crippen LogP contribution >= 0.6 is 11.6 Å². The first-order valence-electron chi connectivity index (χ1n) is 4.79. The van der Waals surface area contributed by atoms with Crippen LogP contribution in [0.5, 0.6) is 0 Å². The molecule has 5 heteroatoms. The third-order valence-electron chi connectivity index (χ3n) is 2.65. The maximum Gasteiger partial charge on any atom is 0.235 e. The molecule has 1 aliphatic heterocycles. The van der Waals surface area contributed by atoms with E-state index in [-0.39, 0.29) is 11.8 Å². The van der Waals surface area contributed by atoms with Crippen LogP contribution in [0.1, 0.15) is 12.8 Å². The van der Waals surface area contributed by atoms with E-state index < -0.39 is 5.60 Å². The highest BCUT2D eigenvalue weighted by Crippen LogP contribution is 2.20. The molecule has 1 fully saturated rings. The molecule has 0 aromatic rings. The van der Waals surface area contributed by atoms with Crippen molar-refractivity contribution in [3.63, 3.8) is 0 Å². The number of alkyl halides is 1. The van der Waals surface area contributed by atoms with Crippen LogP contribution < -0.4 is 5.32 Å². The Morgan fingerprint density at radius 2 is 2.14 bits per heavy atom. The molecule has 0 aliphatic carbocycles. The Kier molecular flexibility index (Phi) is 4.16. The first kappa shape index (κ1) is 11.8.